The van der Waals surface area contributed by atoms with Crippen molar-refractivity contribution < 1.29 is 17.9 Å². The molecule has 0 saturated carbocycles. The molecular formula is C24H26N2O4S. The van der Waals surface area contributed by atoms with Crippen LogP contribution >= 0.6 is 0 Å². The second kappa shape index (κ2) is 8.69. The monoisotopic (exact) mass is 438 g/mol. The standard InChI is InChI=1S/C24H26N2O4S/c1-17-9-12-23(30-2)22(14-17)25-24(27)20-8-5-13-26(16-20)31(28,29)21-11-10-18-6-3-4-7-19(18)15-21/h3-4,6-7,9-12,14-15,20H,5,8,13,16H2,1-2H3,(H,25,27)/t20-/m1/s1. The lowest BCUT2D eigenvalue weighted by atomic mass is 9.98. The van der Waals surface area contributed by atoms with Crippen molar-refractivity contribution >= 4 is 32.4 Å². The molecule has 0 aromatic heterocycles. The Balaban J connectivity index is 1.53. The third-order valence-electron chi connectivity index (χ3n) is 5.73. The average Bonchev–Trinajstić information content (AvgIpc) is 2.79. The molecule has 4 rings (SSSR count). The van der Waals surface area contributed by atoms with Crippen molar-refractivity contribution in [3.05, 3.63) is 66.2 Å². The number of carbonyl (C=O) groups is 1. The van der Waals surface area contributed by atoms with Gasteiger partial charge in [0, 0.05) is 13.1 Å². The van der Waals surface area contributed by atoms with Gasteiger partial charge in [0.05, 0.1) is 23.6 Å². The maximum absolute atomic E-state index is 13.3. The number of carbonyl (C=O) groups excluding carboxylic acids is 1. The summed E-state index contributed by atoms with van der Waals surface area (Å²) in [5.41, 5.74) is 1.60. The SMILES string of the molecule is COc1ccc(C)cc1NC(=O)[C@@H]1CCCN(S(=O)(=O)c2ccc3ccccc3c2)C1. The molecule has 1 amide bonds. The Kier molecular flexibility index (Phi) is 5.98. The summed E-state index contributed by atoms with van der Waals surface area (Å²) in [6.07, 6.45) is 1.28. The Morgan fingerprint density at radius 2 is 1.84 bits per heavy atom. The Morgan fingerprint density at radius 3 is 2.61 bits per heavy atom. The topological polar surface area (TPSA) is 75.7 Å². The molecule has 0 unspecified atom stereocenters. The van der Waals surface area contributed by atoms with E-state index in [1.807, 2.05) is 55.5 Å². The van der Waals surface area contributed by atoms with E-state index in [9.17, 15) is 13.2 Å². The summed E-state index contributed by atoms with van der Waals surface area (Å²) in [6.45, 7) is 2.51. The highest BCUT2D eigenvalue weighted by Gasteiger charge is 2.33. The molecule has 0 bridgehead atoms. The van der Waals surface area contributed by atoms with Crippen LogP contribution in [0.5, 0.6) is 5.75 Å². The van der Waals surface area contributed by atoms with Crippen molar-refractivity contribution in [1.82, 2.24) is 4.31 Å². The minimum Gasteiger partial charge on any atom is -0.495 e. The number of anilines is 1. The van der Waals surface area contributed by atoms with Crippen molar-refractivity contribution in [2.45, 2.75) is 24.7 Å². The van der Waals surface area contributed by atoms with E-state index in [-0.39, 0.29) is 17.3 Å². The molecule has 0 radical (unpaired) electrons. The molecular weight excluding hydrogens is 412 g/mol. The molecule has 1 N–H and O–H groups in total. The van der Waals surface area contributed by atoms with Crippen LogP contribution in [0.4, 0.5) is 5.69 Å². The van der Waals surface area contributed by atoms with Gasteiger partial charge in [-0.1, -0.05) is 36.4 Å². The number of nitrogens with zero attached hydrogens (tertiary/aromatic N) is 1. The molecule has 1 aliphatic rings. The summed E-state index contributed by atoms with van der Waals surface area (Å²) in [4.78, 5) is 13.2. The van der Waals surface area contributed by atoms with Gasteiger partial charge in [-0.05, 0) is 60.4 Å². The van der Waals surface area contributed by atoms with Gasteiger partial charge in [0.2, 0.25) is 15.9 Å². The van der Waals surface area contributed by atoms with Crippen LogP contribution in [0.1, 0.15) is 18.4 Å². The largest absolute Gasteiger partial charge is 0.495 e. The van der Waals surface area contributed by atoms with Crippen LogP contribution in [0.15, 0.2) is 65.6 Å². The molecule has 1 aliphatic heterocycles. The van der Waals surface area contributed by atoms with Crippen LogP contribution < -0.4 is 10.1 Å². The maximum Gasteiger partial charge on any atom is 0.243 e. The third kappa shape index (κ3) is 4.43. The van der Waals surface area contributed by atoms with E-state index in [2.05, 4.69) is 5.32 Å². The Labute approximate surface area is 182 Å². The lowest BCUT2D eigenvalue weighted by Gasteiger charge is -2.31. The number of hydrogen-bond donors (Lipinski definition) is 1. The molecule has 1 heterocycles. The highest BCUT2D eigenvalue weighted by molar-refractivity contribution is 7.89. The van der Waals surface area contributed by atoms with Crippen molar-refractivity contribution in [3.63, 3.8) is 0 Å². The summed E-state index contributed by atoms with van der Waals surface area (Å²) < 4.78 is 33.3. The van der Waals surface area contributed by atoms with Gasteiger partial charge in [0.25, 0.3) is 0 Å². The minimum absolute atomic E-state index is 0.162. The molecule has 6 nitrogen and oxygen atoms in total. The number of benzene rings is 3. The van der Waals surface area contributed by atoms with E-state index in [0.717, 1.165) is 16.3 Å². The normalized spacial score (nSPS) is 17.4. The molecule has 162 valence electrons. The first-order valence-electron chi connectivity index (χ1n) is 10.3. The van der Waals surface area contributed by atoms with Gasteiger partial charge >= 0.3 is 0 Å². The molecule has 3 aromatic carbocycles. The first-order chi connectivity index (χ1) is 14.9. The van der Waals surface area contributed by atoms with Gasteiger partial charge in [-0.2, -0.15) is 4.31 Å². The van der Waals surface area contributed by atoms with Crippen LogP contribution in [0.25, 0.3) is 10.8 Å². The molecule has 3 aromatic rings. The fraction of sp³-hybridized carbons (Fsp3) is 0.292. The van der Waals surface area contributed by atoms with Crippen LogP contribution in [0.2, 0.25) is 0 Å². The second-order valence-electron chi connectivity index (χ2n) is 7.90. The van der Waals surface area contributed by atoms with Crippen LogP contribution in [0, 0.1) is 12.8 Å². The van der Waals surface area contributed by atoms with E-state index < -0.39 is 15.9 Å². The van der Waals surface area contributed by atoms with Crippen molar-refractivity contribution in [2.75, 3.05) is 25.5 Å². The lowest BCUT2D eigenvalue weighted by Crippen LogP contribution is -2.43. The molecule has 7 heteroatoms. The minimum atomic E-state index is -3.68. The van der Waals surface area contributed by atoms with Crippen LogP contribution in [-0.2, 0) is 14.8 Å². The quantitative estimate of drug-likeness (QED) is 0.648. The lowest BCUT2D eigenvalue weighted by molar-refractivity contribution is -0.120. The number of sulfonamides is 1. The number of hydrogen-bond acceptors (Lipinski definition) is 4. The predicted molar refractivity (Wildman–Crippen MR) is 122 cm³/mol. The summed E-state index contributed by atoms with van der Waals surface area (Å²) in [5, 5.41) is 4.79. The summed E-state index contributed by atoms with van der Waals surface area (Å²) in [6, 6.07) is 18.4. The third-order valence-corrected chi connectivity index (χ3v) is 7.59. The first kappa shape index (κ1) is 21.3. The smallest absolute Gasteiger partial charge is 0.243 e. The number of methoxy groups -OCH3 is 1. The van der Waals surface area contributed by atoms with E-state index in [0.29, 0.717) is 30.8 Å². The summed E-state index contributed by atoms with van der Waals surface area (Å²) in [7, 11) is -2.13. The number of ether oxygens (including phenoxy) is 1. The van der Waals surface area contributed by atoms with Crippen molar-refractivity contribution in [2.24, 2.45) is 5.92 Å². The number of nitrogens with one attached hydrogen (secondary N) is 1. The second-order valence-corrected chi connectivity index (χ2v) is 9.84. The summed E-state index contributed by atoms with van der Waals surface area (Å²) in [5.74, 6) is -0.0353. The van der Waals surface area contributed by atoms with Crippen LogP contribution in [-0.4, -0.2) is 38.8 Å². The molecule has 0 aliphatic carbocycles. The number of aryl methyl sites for hydroxylation is 1. The van der Waals surface area contributed by atoms with Gasteiger partial charge in [0.1, 0.15) is 5.75 Å². The van der Waals surface area contributed by atoms with E-state index >= 15 is 0 Å². The highest BCUT2D eigenvalue weighted by Crippen LogP contribution is 2.29. The zero-order valence-electron chi connectivity index (χ0n) is 17.7. The fourth-order valence-corrected chi connectivity index (χ4v) is 5.57. The van der Waals surface area contributed by atoms with E-state index in [4.69, 9.17) is 4.74 Å². The van der Waals surface area contributed by atoms with Crippen molar-refractivity contribution in [1.29, 1.82) is 0 Å². The molecule has 1 fully saturated rings. The van der Waals surface area contributed by atoms with Gasteiger partial charge in [-0.3, -0.25) is 4.79 Å². The Bertz CT molecular complexity index is 1220. The maximum atomic E-state index is 13.3. The van der Waals surface area contributed by atoms with Gasteiger partial charge in [-0.25, -0.2) is 8.42 Å². The van der Waals surface area contributed by atoms with Crippen molar-refractivity contribution in [3.8, 4) is 5.75 Å². The van der Waals surface area contributed by atoms with Crippen LogP contribution in [0.3, 0.4) is 0 Å². The molecule has 31 heavy (non-hydrogen) atoms. The number of fused-ring (bicyclic) bond motifs is 1. The van der Waals surface area contributed by atoms with Gasteiger partial charge < -0.3 is 10.1 Å². The number of amides is 1. The zero-order valence-corrected chi connectivity index (χ0v) is 18.5. The Hall–Kier alpha value is -2.90. The van der Waals surface area contributed by atoms with Gasteiger partial charge in [0.15, 0.2) is 0 Å². The summed E-state index contributed by atoms with van der Waals surface area (Å²) >= 11 is 0. The molecule has 1 atom stereocenters. The fourth-order valence-electron chi connectivity index (χ4n) is 4.01. The Morgan fingerprint density at radius 1 is 1.06 bits per heavy atom. The van der Waals surface area contributed by atoms with E-state index in [1.54, 1.807) is 19.2 Å². The zero-order chi connectivity index (χ0) is 22.0. The predicted octanol–water partition coefficient (Wildman–Crippen LogP) is 4.20. The number of piperidine rings is 1. The highest BCUT2D eigenvalue weighted by atomic mass is 32.2. The molecule has 1 saturated heterocycles. The average molecular weight is 439 g/mol. The first-order valence-corrected chi connectivity index (χ1v) is 11.8. The van der Waals surface area contributed by atoms with Gasteiger partial charge in [-0.15, -0.1) is 0 Å². The molecule has 0 spiro atoms. The van der Waals surface area contributed by atoms with E-state index in [1.165, 1.54) is 4.31 Å². The number of rotatable bonds is 5.